The number of methoxy groups -OCH3 is 5. The van der Waals surface area contributed by atoms with Crippen molar-refractivity contribution in [1.82, 2.24) is 30.4 Å². The monoisotopic (exact) mass is 1070 g/mol. The molecule has 5 aliphatic rings. The number of alkyl carbamates (subject to hydrolysis) is 2. The van der Waals surface area contributed by atoms with E-state index in [2.05, 4.69) is 38.9 Å². The molecule has 0 spiro atoms. The van der Waals surface area contributed by atoms with Gasteiger partial charge in [0.15, 0.2) is 11.6 Å². The molecule has 3 aromatic carbocycles. The third-order valence-electron chi connectivity index (χ3n) is 16.5. The van der Waals surface area contributed by atoms with E-state index in [1.54, 1.807) is 38.0 Å². The number of likely N-dealkylation sites (tertiary alicyclic amines) is 2. The number of ether oxygens (including phenoxy) is 5. The molecule has 1 aromatic heterocycles. The second-order valence-corrected chi connectivity index (χ2v) is 27.0. The molecule has 4 aromatic rings. The first-order chi connectivity index (χ1) is 36.4. The lowest BCUT2D eigenvalue weighted by Crippen LogP contribution is -2.56. The van der Waals surface area contributed by atoms with E-state index in [0.29, 0.717) is 97.7 Å². The maximum absolute atomic E-state index is 17.8. The lowest BCUT2D eigenvalue weighted by molar-refractivity contribution is -0.141. The SMILES string of the molecule is COC[C@H]1C[C@@H](C(=O)Nc2ccc([C@H]3CC[C@@H]4c5cc6[nH]c([C@@H]7CCCN7C(=O)[C@@H](NC(=O)OC)[C@@H](C)OC)nc6cc5-c5c(cc(F)c(N6CC[Si](C)(C)CC6)c5F)N34)cc2)N(C(=O)[C@@H](NC(=O)OC)[C@@H](C)OC)C1. The number of imidazole rings is 1. The molecule has 9 atom stereocenters. The number of carbonyl (C=O) groups is 5. The van der Waals surface area contributed by atoms with E-state index in [0.717, 1.165) is 23.2 Å². The van der Waals surface area contributed by atoms with Crippen molar-refractivity contribution >= 4 is 66.1 Å². The van der Waals surface area contributed by atoms with Gasteiger partial charge in [-0.15, -0.1) is 0 Å². The zero-order valence-electron chi connectivity index (χ0n) is 44.8. The minimum absolute atomic E-state index is 0.0219. The van der Waals surface area contributed by atoms with Crippen LogP contribution in [-0.4, -0.2) is 156 Å². The van der Waals surface area contributed by atoms with Gasteiger partial charge in [0.1, 0.15) is 29.6 Å². The zero-order valence-corrected chi connectivity index (χ0v) is 45.8. The number of aromatic amines is 1. The van der Waals surface area contributed by atoms with Crippen LogP contribution in [0.2, 0.25) is 25.2 Å². The number of anilines is 3. The Kier molecular flexibility index (Phi) is 16.0. The summed E-state index contributed by atoms with van der Waals surface area (Å²) in [7, 11) is 5.39. The fraction of sp³-hybridized carbons (Fsp3) is 0.556. The molecule has 0 radical (unpaired) electrons. The molecule has 19 nitrogen and oxygen atoms in total. The third kappa shape index (κ3) is 10.4. The molecular weight excluding hydrogens is 1000 g/mol. The van der Waals surface area contributed by atoms with Crippen LogP contribution in [-0.2, 0) is 38.1 Å². The maximum Gasteiger partial charge on any atom is 0.407 e. The summed E-state index contributed by atoms with van der Waals surface area (Å²) in [5.41, 5.74) is 4.89. The van der Waals surface area contributed by atoms with Crippen molar-refractivity contribution in [2.75, 3.05) is 83.5 Å². The van der Waals surface area contributed by atoms with Crippen LogP contribution < -0.4 is 25.8 Å². The highest BCUT2D eigenvalue weighted by molar-refractivity contribution is 6.77. The van der Waals surface area contributed by atoms with Crippen LogP contribution in [0.3, 0.4) is 0 Å². The summed E-state index contributed by atoms with van der Waals surface area (Å²) in [5.74, 6) is -2.05. The van der Waals surface area contributed by atoms with E-state index in [1.165, 1.54) is 39.4 Å². The fourth-order valence-electron chi connectivity index (χ4n) is 12.1. The summed E-state index contributed by atoms with van der Waals surface area (Å²) < 4.78 is 60.6. The van der Waals surface area contributed by atoms with Gasteiger partial charge in [0.25, 0.3) is 0 Å². The highest BCUT2D eigenvalue weighted by atomic mass is 28.3. The molecule has 0 aliphatic carbocycles. The molecule has 0 saturated carbocycles. The van der Waals surface area contributed by atoms with Gasteiger partial charge in [0.2, 0.25) is 17.7 Å². The van der Waals surface area contributed by atoms with E-state index in [-0.39, 0.29) is 36.1 Å². The summed E-state index contributed by atoms with van der Waals surface area (Å²) in [5, 5.41) is 8.20. The minimum Gasteiger partial charge on any atom is -0.453 e. The Morgan fingerprint density at radius 2 is 1.43 bits per heavy atom. The van der Waals surface area contributed by atoms with Gasteiger partial charge in [-0.3, -0.25) is 14.4 Å². The van der Waals surface area contributed by atoms with Crippen molar-refractivity contribution in [3.8, 4) is 11.1 Å². The Balaban J connectivity index is 1.03. The molecule has 76 heavy (non-hydrogen) atoms. The maximum atomic E-state index is 17.8. The van der Waals surface area contributed by atoms with Crippen LogP contribution in [0.15, 0.2) is 42.5 Å². The summed E-state index contributed by atoms with van der Waals surface area (Å²) in [6.07, 6.45) is 0.0248. The van der Waals surface area contributed by atoms with Crippen molar-refractivity contribution in [2.24, 2.45) is 5.92 Å². The number of H-pyrrole nitrogens is 1. The van der Waals surface area contributed by atoms with Crippen LogP contribution in [0.1, 0.15) is 81.0 Å². The Bertz CT molecular complexity index is 2840. The number of fused-ring (bicyclic) bond motifs is 7. The normalized spacial score (nSPS) is 23.3. The summed E-state index contributed by atoms with van der Waals surface area (Å²) in [4.78, 5) is 82.7. The van der Waals surface area contributed by atoms with Gasteiger partial charge >= 0.3 is 12.2 Å². The number of carbonyl (C=O) groups excluding carboxylic acids is 5. The first-order valence-corrected chi connectivity index (χ1v) is 29.7. The van der Waals surface area contributed by atoms with E-state index >= 15 is 8.78 Å². The first-order valence-electron chi connectivity index (χ1n) is 26.2. The second-order valence-electron chi connectivity index (χ2n) is 21.6. The summed E-state index contributed by atoms with van der Waals surface area (Å²) in [6, 6.07) is 10.6. The summed E-state index contributed by atoms with van der Waals surface area (Å²) >= 11 is 0. The quantitative estimate of drug-likeness (QED) is 0.0856. The predicted octanol–water partition coefficient (Wildman–Crippen LogP) is 7.42. The van der Waals surface area contributed by atoms with Crippen LogP contribution in [0.5, 0.6) is 0 Å². The molecule has 0 unspecified atom stereocenters. The van der Waals surface area contributed by atoms with E-state index in [4.69, 9.17) is 28.7 Å². The molecule has 6 heterocycles. The lowest BCUT2D eigenvalue weighted by Gasteiger charge is -2.41. The number of halogens is 2. The van der Waals surface area contributed by atoms with E-state index in [1.807, 2.05) is 29.2 Å². The Morgan fingerprint density at radius 1 is 0.803 bits per heavy atom. The van der Waals surface area contributed by atoms with E-state index < -0.39 is 80.1 Å². The number of hydrogen-bond donors (Lipinski definition) is 4. The highest BCUT2D eigenvalue weighted by Gasteiger charge is 2.46. The van der Waals surface area contributed by atoms with Gasteiger partial charge in [0.05, 0.1) is 76.0 Å². The molecule has 4 saturated heterocycles. The zero-order chi connectivity index (χ0) is 54.3. The average molecular weight is 1070 g/mol. The van der Waals surface area contributed by atoms with Gasteiger partial charge in [-0.1, -0.05) is 25.2 Å². The van der Waals surface area contributed by atoms with Crippen molar-refractivity contribution in [1.29, 1.82) is 0 Å². The number of rotatable bonds is 15. The molecule has 0 bridgehead atoms. The van der Waals surface area contributed by atoms with Crippen LogP contribution in [0, 0.1) is 17.6 Å². The topological polar surface area (TPSA) is 209 Å². The molecule has 5 aliphatic heterocycles. The molecule has 410 valence electrons. The van der Waals surface area contributed by atoms with Crippen LogP contribution in [0.25, 0.3) is 22.2 Å². The molecule has 4 N–H and O–H groups in total. The van der Waals surface area contributed by atoms with Crippen LogP contribution in [0.4, 0.5) is 35.4 Å². The van der Waals surface area contributed by atoms with Crippen molar-refractivity contribution in [3.63, 3.8) is 0 Å². The fourth-order valence-corrected chi connectivity index (χ4v) is 14.1. The molecule has 22 heteroatoms. The Hall–Kier alpha value is -6.36. The van der Waals surface area contributed by atoms with Gasteiger partial charge in [0, 0.05) is 70.7 Å². The van der Waals surface area contributed by atoms with Gasteiger partial charge < -0.3 is 64.2 Å². The highest BCUT2D eigenvalue weighted by Crippen LogP contribution is 2.58. The molecular formula is C54H71F2N9O10Si. The molecule has 5 amide bonds. The standard InChI is InChI=1S/C54H71F2N9O10Si/c1-29(72-4)46(60-53(69)74-6)51(67)63-18-10-11-41(63)49-58-37-24-34-35(25-38(37)59-49)44-42(26-36(55)48(45(44)56)62-19-21-76(8,9)22-20-62)65-39(16-17-40(34)65)32-12-14-33(15-13-32)57-50(66)43-23-31(28-71-3)27-64(43)52(68)47(30(2)73-5)61-54(70)75-7/h12-15,24-26,29-31,39-41,43,46-47H,10-11,16-23,27-28H2,1-9H3,(H,57,66)(H,58,59)(H,60,69)(H,61,70)/t29-,30-,31+,39-,40-,41+,43+,46+,47+/m1/s1. The minimum atomic E-state index is -1.50. The largest absolute Gasteiger partial charge is 0.453 e. The predicted molar refractivity (Wildman–Crippen MR) is 284 cm³/mol. The average Bonchev–Trinajstić information content (AvgIpc) is 4.36. The van der Waals surface area contributed by atoms with Gasteiger partial charge in [-0.05, 0) is 99.0 Å². The Labute approximate surface area is 442 Å². The molecule has 9 rings (SSSR count). The molecule has 4 fully saturated rings. The number of aromatic nitrogens is 2. The van der Waals surface area contributed by atoms with Gasteiger partial charge in [-0.25, -0.2) is 23.4 Å². The first kappa shape index (κ1) is 54.4. The van der Waals surface area contributed by atoms with Crippen LogP contribution >= 0.6 is 0 Å². The lowest BCUT2D eigenvalue weighted by atomic mass is 9.86. The smallest absolute Gasteiger partial charge is 0.407 e. The number of amides is 5. The number of benzene rings is 3. The summed E-state index contributed by atoms with van der Waals surface area (Å²) in [6.45, 7) is 10.1. The van der Waals surface area contributed by atoms with E-state index in [9.17, 15) is 24.0 Å². The Morgan fingerprint density at radius 3 is 2.05 bits per heavy atom. The van der Waals surface area contributed by atoms with Gasteiger partial charge in [-0.2, -0.15) is 0 Å². The number of nitrogens with one attached hydrogen (secondary N) is 4. The number of nitrogens with zero attached hydrogens (tertiary/aromatic N) is 5. The van der Waals surface area contributed by atoms with Crippen molar-refractivity contribution in [3.05, 3.63) is 71.1 Å². The van der Waals surface area contributed by atoms with Crippen molar-refractivity contribution < 1.29 is 56.4 Å². The number of hydrogen-bond acceptors (Lipinski definition) is 13. The third-order valence-corrected chi connectivity index (χ3v) is 19.6. The van der Waals surface area contributed by atoms with Crippen molar-refractivity contribution in [2.45, 2.75) is 120 Å². The second kappa shape index (κ2) is 22.3.